The number of Topliss-reactive ketones (excluding diaryl/α,β-unsaturated/α-hetero) is 1. The van der Waals surface area contributed by atoms with Gasteiger partial charge in [0.05, 0.1) is 6.54 Å². The third-order valence-corrected chi connectivity index (χ3v) is 2.67. The molecule has 5 heteroatoms. The molecule has 3 N–H and O–H groups in total. The molecule has 0 radical (unpaired) electrons. The Balaban J connectivity index is 2.39. The molecule has 0 bridgehead atoms. The summed E-state index contributed by atoms with van der Waals surface area (Å²) in [5.41, 5.74) is 7.84. The molecular formula is C12H19N3OS. The van der Waals surface area contributed by atoms with Gasteiger partial charge >= 0.3 is 0 Å². The molecule has 4 nitrogen and oxygen atoms in total. The SMILES string of the molecule is CC(=O)CNNC(=S)NC1=C(C)CC(C)C=C1. The second kappa shape index (κ2) is 6.51. The smallest absolute Gasteiger partial charge is 0.185 e. The number of allylic oxidation sites excluding steroid dienone is 3. The van der Waals surface area contributed by atoms with Crippen molar-refractivity contribution >= 4 is 23.1 Å². The van der Waals surface area contributed by atoms with Crippen molar-refractivity contribution < 1.29 is 4.79 Å². The molecule has 0 saturated carbocycles. The zero-order valence-electron chi connectivity index (χ0n) is 10.5. The normalized spacial score (nSPS) is 19.1. The van der Waals surface area contributed by atoms with E-state index in [4.69, 9.17) is 12.2 Å². The largest absolute Gasteiger partial charge is 0.332 e. The molecule has 0 aromatic rings. The lowest BCUT2D eigenvalue weighted by molar-refractivity contribution is -0.116. The second-order valence-electron chi connectivity index (χ2n) is 4.37. The third-order valence-electron chi connectivity index (χ3n) is 2.47. The van der Waals surface area contributed by atoms with E-state index < -0.39 is 0 Å². The maximum atomic E-state index is 10.7. The average Bonchev–Trinajstić information content (AvgIpc) is 2.21. The van der Waals surface area contributed by atoms with Gasteiger partial charge in [-0.2, -0.15) is 0 Å². The number of carbonyl (C=O) groups excluding carboxylic acids is 1. The molecule has 0 amide bonds. The first-order valence-electron chi connectivity index (χ1n) is 5.66. The number of hydrogen-bond acceptors (Lipinski definition) is 3. The van der Waals surface area contributed by atoms with Crippen LogP contribution in [0.15, 0.2) is 23.4 Å². The Bertz CT molecular complexity index is 374. The van der Waals surface area contributed by atoms with Gasteiger partial charge in [-0.15, -0.1) is 0 Å². The monoisotopic (exact) mass is 253 g/mol. The van der Waals surface area contributed by atoms with Crippen LogP contribution in [0.25, 0.3) is 0 Å². The van der Waals surface area contributed by atoms with E-state index in [0.717, 1.165) is 12.1 Å². The Morgan fingerprint density at radius 2 is 2.29 bits per heavy atom. The lowest BCUT2D eigenvalue weighted by Crippen LogP contribution is -2.45. The molecule has 1 atom stereocenters. The quantitative estimate of drug-likeness (QED) is 0.522. The highest BCUT2D eigenvalue weighted by atomic mass is 32.1. The topological polar surface area (TPSA) is 53.2 Å². The number of thiocarbonyl (C=S) groups is 1. The molecule has 0 saturated heterocycles. The van der Waals surface area contributed by atoms with Gasteiger partial charge in [0.2, 0.25) is 0 Å². The van der Waals surface area contributed by atoms with Crippen molar-refractivity contribution in [3.05, 3.63) is 23.4 Å². The molecule has 0 spiro atoms. The molecule has 94 valence electrons. The van der Waals surface area contributed by atoms with E-state index in [2.05, 4.69) is 36.1 Å². The number of hydrogen-bond donors (Lipinski definition) is 3. The minimum Gasteiger partial charge on any atom is -0.332 e. The Hall–Kier alpha value is -1.20. The van der Waals surface area contributed by atoms with Gasteiger partial charge in [-0.1, -0.05) is 13.0 Å². The first-order valence-corrected chi connectivity index (χ1v) is 6.07. The number of carbonyl (C=O) groups is 1. The lowest BCUT2D eigenvalue weighted by Gasteiger charge is -2.19. The van der Waals surface area contributed by atoms with E-state index in [0.29, 0.717) is 11.0 Å². The van der Waals surface area contributed by atoms with Crippen LogP contribution in [0.2, 0.25) is 0 Å². The molecule has 1 aliphatic rings. The maximum Gasteiger partial charge on any atom is 0.185 e. The third kappa shape index (κ3) is 5.10. The van der Waals surface area contributed by atoms with Crippen molar-refractivity contribution in [2.75, 3.05) is 6.54 Å². The molecule has 1 rings (SSSR count). The van der Waals surface area contributed by atoms with Crippen LogP contribution in [0.5, 0.6) is 0 Å². The zero-order valence-corrected chi connectivity index (χ0v) is 11.3. The molecule has 1 unspecified atom stereocenters. The van der Waals surface area contributed by atoms with Crippen molar-refractivity contribution in [2.45, 2.75) is 27.2 Å². The Kier molecular flexibility index (Phi) is 5.31. The predicted molar refractivity (Wildman–Crippen MR) is 73.2 cm³/mol. The van der Waals surface area contributed by atoms with Gasteiger partial charge in [-0.05, 0) is 50.1 Å². The van der Waals surface area contributed by atoms with Crippen LogP contribution in [0, 0.1) is 5.92 Å². The fraction of sp³-hybridized carbons (Fsp3) is 0.500. The summed E-state index contributed by atoms with van der Waals surface area (Å²) in [5.74, 6) is 0.639. The van der Waals surface area contributed by atoms with Gasteiger partial charge < -0.3 is 5.32 Å². The molecule has 0 fully saturated rings. The van der Waals surface area contributed by atoms with Crippen LogP contribution in [0.3, 0.4) is 0 Å². The fourth-order valence-electron chi connectivity index (χ4n) is 1.61. The van der Waals surface area contributed by atoms with E-state index in [1.807, 2.05) is 6.08 Å². The molecule has 0 aliphatic heterocycles. The fourth-order valence-corrected chi connectivity index (χ4v) is 1.80. The number of hydrazine groups is 1. The van der Waals surface area contributed by atoms with Crippen LogP contribution >= 0.6 is 12.2 Å². The summed E-state index contributed by atoms with van der Waals surface area (Å²) in [6.45, 7) is 6.05. The number of nitrogens with one attached hydrogen (secondary N) is 3. The van der Waals surface area contributed by atoms with Crippen LogP contribution in [-0.4, -0.2) is 17.4 Å². The highest BCUT2D eigenvalue weighted by Gasteiger charge is 2.10. The van der Waals surface area contributed by atoms with Gasteiger partial charge in [-0.25, -0.2) is 5.43 Å². The second-order valence-corrected chi connectivity index (χ2v) is 4.78. The van der Waals surface area contributed by atoms with Gasteiger partial charge in [0.25, 0.3) is 0 Å². The molecule has 1 aliphatic carbocycles. The van der Waals surface area contributed by atoms with Crippen molar-refractivity contribution in [2.24, 2.45) is 5.92 Å². The predicted octanol–water partition coefficient (Wildman–Crippen LogP) is 1.41. The number of rotatable bonds is 4. The minimum atomic E-state index is 0.0575. The maximum absolute atomic E-state index is 10.7. The average molecular weight is 253 g/mol. The van der Waals surface area contributed by atoms with E-state index in [-0.39, 0.29) is 12.3 Å². The summed E-state index contributed by atoms with van der Waals surface area (Å²) in [6.07, 6.45) is 5.24. The summed E-state index contributed by atoms with van der Waals surface area (Å²) >= 11 is 5.11. The highest BCUT2D eigenvalue weighted by molar-refractivity contribution is 7.80. The van der Waals surface area contributed by atoms with Crippen LogP contribution in [0.1, 0.15) is 27.2 Å². The first kappa shape index (κ1) is 13.9. The number of ketones is 1. The van der Waals surface area contributed by atoms with Gasteiger partial charge in [0.1, 0.15) is 5.78 Å². The van der Waals surface area contributed by atoms with Gasteiger partial charge in [-0.3, -0.25) is 10.2 Å². The Morgan fingerprint density at radius 1 is 1.59 bits per heavy atom. The molecule has 17 heavy (non-hydrogen) atoms. The summed E-state index contributed by atoms with van der Waals surface area (Å²) in [4.78, 5) is 10.7. The Labute approximate surface area is 108 Å². The standard InChI is InChI=1S/C12H19N3OS/c1-8-4-5-11(9(2)6-8)14-12(17)15-13-7-10(3)16/h4-5,8,13H,6-7H2,1-3H3,(H2,14,15,17). The van der Waals surface area contributed by atoms with Crippen LogP contribution in [-0.2, 0) is 4.79 Å². The molecule has 0 aromatic carbocycles. The Morgan fingerprint density at radius 3 is 2.88 bits per heavy atom. The van der Waals surface area contributed by atoms with Gasteiger partial charge in [0, 0.05) is 5.70 Å². The zero-order chi connectivity index (χ0) is 12.8. The summed E-state index contributed by atoms with van der Waals surface area (Å²) < 4.78 is 0. The van der Waals surface area contributed by atoms with E-state index in [1.165, 1.54) is 12.5 Å². The van der Waals surface area contributed by atoms with Crippen molar-refractivity contribution in [3.63, 3.8) is 0 Å². The van der Waals surface area contributed by atoms with E-state index in [9.17, 15) is 4.79 Å². The van der Waals surface area contributed by atoms with Crippen LogP contribution in [0.4, 0.5) is 0 Å². The van der Waals surface area contributed by atoms with E-state index >= 15 is 0 Å². The van der Waals surface area contributed by atoms with Crippen LogP contribution < -0.4 is 16.2 Å². The summed E-state index contributed by atoms with van der Waals surface area (Å²) in [5, 5.41) is 3.57. The molecule has 0 aromatic heterocycles. The van der Waals surface area contributed by atoms with Crippen molar-refractivity contribution in [3.8, 4) is 0 Å². The minimum absolute atomic E-state index is 0.0575. The summed E-state index contributed by atoms with van der Waals surface area (Å²) in [7, 11) is 0. The molecular weight excluding hydrogens is 234 g/mol. The summed E-state index contributed by atoms with van der Waals surface area (Å²) in [6, 6.07) is 0. The van der Waals surface area contributed by atoms with Crippen molar-refractivity contribution in [1.82, 2.24) is 16.2 Å². The highest BCUT2D eigenvalue weighted by Crippen LogP contribution is 2.20. The molecule has 0 heterocycles. The first-order chi connectivity index (χ1) is 7.99. The van der Waals surface area contributed by atoms with E-state index in [1.54, 1.807) is 0 Å². The van der Waals surface area contributed by atoms with Gasteiger partial charge in [0.15, 0.2) is 5.11 Å². The lowest BCUT2D eigenvalue weighted by atomic mass is 9.95. The van der Waals surface area contributed by atoms with Crippen molar-refractivity contribution in [1.29, 1.82) is 0 Å².